The zero-order chi connectivity index (χ0) is 13.5. The molecule has 1 aliphatic rings. The highest BCUT2D eigenvalue weighted by Crippen LogP contribution is 2.22. The lowest BCUT2D eigenvalue weighted by atomic mass is 10.4. The lowest BCUT2D eigenvalue weighted by molar-refractivity contribution is -0.136. The number of hydrogen-bond donors (Lipinski definition) is 1. The average molecular weight is 327 g/mol. The average Bonchev–Trinajstić information content (AvgIpc) is 2.89. The van der Waals surface area contributed by atoms with E-state index in [0.717, 1.165) is 10.1 Å². The number of aromatic nitrogens is 3. The molecule has 0 radical (unpaired) electrons. The number of pyridine rings is 1. The molecular formula is C12H15BrN4O2. The van der Waals surface area contributed by atoms with Gasteiger partial charge in [-0.1, -0.05) is 0 Å². The summed E-state index contributed by atoms with van der Waals surface area (Å²) in [4.78, 5) is 4.37. The molecule has 1 N–H and O–H groups in total. The van der Waals surface area contributed by atoms with Gasteiger partial charge < -0.3 is 14.8 Å². The maximum Gasteiger partial charge on any atom is 0.243 e. The van der Waals surface area contributed by atoms with Crippen molar-refractivity contribution in [2.75, 3.05) is 18.5 Å². The van der Waals surface area contributed by atoms with Gasteiger partial charge in [-0.3, -0.25) is 0 Å². The van der Waals surface area contributed by atoms with Gasteiger partial charge >= 0.3 is 0 Å². The third-order valence-electron chi connectivity index (χ3n) is 2.85. The Kier molecular flexibility index (Phi) is 3.20. The second-order valence-corrected chi connectivity index (χ2v) is 5.83. The number of nitrogens with zero attached hydrogens (tertiary/aromatic N) is 3. The second-order valence-electron chi connectivity index (χ2n) is 4.92. The van der Waals surface area contributed by atoms with Gasteiger partial charge in [0.15, 0.2) is 11.4 Å². The molecule has 3 heterocycles. The molecule has 19 heavy (non-hydrogen) atoms. The Morgan fingerprint density at radius 2 is 2.37 bits per heavy atom. The molecule has 3 rings (SSSR count). The van der Waals surface area contributed by atoms with Crippen LogP contribution in [0.2, 0.25) is 0 Å². The van der Waals surface area contributed by atoms with Gasteiger partial charge in [0.2, 0.25) is 5.95 Å². The largest absolute Gasteiger partial charge is 0.350 e. The molecule has 0 spiro atoms. The van der Waals surface area contributed by atoms with E-state index in [0.29, 0.717) is 19.1 Å². The molecule has 7 heteroatoms. The standard InChI is InChI=1S/C12H15BrN4O2/c1-12(2)18-7-9(19-12)5-14-11-15-10-4-3-8(13)6-17(10)16-11/h3-4,6,9H,5,7H2,1-2H3,(H,14,16). The topological polar surface area (TPSA) is 60.7 Å². The van der Waals surface area contributed by atoms with Crippen molar-refractivity contribution in [3.8, 4) is 0 Å². The van der Waals surface area contributed by atoms with E-state index in [1.165, 1.54) is 0 Å². The SMILES string of the molecule is CC1(C)OCC(CNc2nc3ccc(Br)cn3n2)O1. The summed E-state index contributed by atoms with van der Waals surface area (Å²) in [5, 5.41) is 7.51. The fraction of sp³-hybridized carbons (Fsp3) is 0.500. The zero-order valence-electron chi connectivity index (χ0n) is 10.8. The number of nitrogens with one attached hydrogen (secondary N) is 1. The predicted molar refractivity (Wildman–Crippen MR) is 74.1 cm³/mol. The number of halogens is 1. The Morgan fingerprint density at radius 3 is 3.11 bits per heavy atom. The van der Waals surface area contributed by atoms with E-state index < -0.39 is 5.79 Å². The molecule has 1 aliphatic heterocycles. The van der Waals surface area contributed by atoms with Crippen molar-refractivity contribution in [3.63, 3.8) is 0 Å². The second kappa shape index (κ2) is 4.73. The number of hydrogen-bond acceptors (Lipinski definition) is 5. The van der Waals surface area contributed by atoms with E-state index in [1.54, 1.807) is 4.52 Å². The highest BCUT2D eigenvalue weighted by atomic mass is 79.9. The maximum atomic E-state index is 5.71. The quantitative estimate of drug-likeness (QED) is 0.935. The van der Waals surface area contributed by atoms with Gasteiger partial charge in [0.1, 0.15) is 6.10 Å². The minimum atomic E-state index is -0.496. The van der Waals surface area contributed by atoms with Crippen molar-refractivity contribution in [1.82, 2.24) is 14.6 Å². The molecule has 2 aromatic heterocycles. The van der Waals surface area contributed by atoms with Crippen molar-refractivity contribution < 1.29 is 9.47 Å². The first-order valence-corrected chi connectivity index (χ1v) is 6.89. The van der Waals surface area contributed by atoms with Gasteiger partial charge in [-0.05, 0) is 41.9 Å². The van der Waals surface area contributed by atoms with Crippen molar-refractivity contribution >= 4 is 27.5 Å². The summed E-state index contributed by atoms with van der Waals surface area (Å²) in [7, 11) is 0. The Hall–Kier alpha value is -1.18. The van der Waals surface area contributed by atoms with Gasteiger partial charge in [-0.25, -0.2) is 4.52 Å². The Morgan fingerprint density at radius 1 is 1.53 bits per heavy atom. The van der Waals surface area contributed by atoms with Crippen LogP contribution in [0.15, 0.2) is 22.8 Å². The molecule has 1 atom stereocenters. The van der Waals surface area contributed by atoms with E-state index in [9.17, 15) is 0 Å². The first kappa shape index (κ1) is 12.8. The van der Waals surface area contributed by atoms with E-state index in [4.69, 9.17) is 9.47 Å². The molecule has 0 saturated carbocycles. The van der Waals surface area contributed by atoms with Crippen LogP contribution in [0.25, 0.3) is 5.65 Å². The van der Waals surface area contributed by atoms with Crippen LogP contribution in [0.5, 0.6) is 0 Å². The number of anilines is 1. The Labute approximate surface area is 119 Å². The fourth-order valence-electron chi connectivity index (χ4n) is 2.00. The van der Waals surface area contributed by atoms with Crippen LogP contribution in [0, 0.1) is 0 Å². The summed E-state index contributed by atoms with van der Waals surface area (Å²) in [5.41, 5.74) is 0.801. The smallest absolute Gasteiger partial charge is 0.243 e. The minimum Gasteiger partial charge on any atom is -0.350 e. The normalized spacial score (nSPS) is 21.9. The highest BCUT2D eigenvalue weighted by molar-refractivity contribution is 9.10. The van der Waals surface area contributed by atoms with Crippen molar-refractivity contribution in [2.45, 2.75) is 25.7 Å². The Bertz CT molecular complexity index is 598. The number of ether oxygens (including phenoxy) is 2. The monoisotopic (exact) mass is 326 g/mol. The van der Waals surface area contributed by atoms with Crippen LogP contribution in [0.1, 0.15) is 13.8 Å². The number of rotatable bonds is 3. The fourth-order valence-corrected chi connectivity index (χ4v) is 2.33. The zero-order valence-corrected chi connectivity index (χ0v) is 12.3. The molecule has 102 valence electrons. The van der Waals surface area contributed by atoms with E-state index in [-0.39, 0.29) is 6.10 Å². The van der Waals surface area contributed by atoms with Crippen LogP contribution in [-0.4, -0.2) is 39.6 Å². The van der Waals surface area contributed by atoms with Crippen LogP contribution in [0.4, 0.5) is 5.95 Å². The lowest BCUT2D eigenvalue weighted by Gasteiger charge is -2.16. The molecule has 1 saturated heterocycles. The lowest BCUT2D eigenvalue weighted by Crippen LogP contribution is -2.26. The summed E-state index contributed by atoms with van der Waals surface area (Å²) in [6.45, 7) is 5.03. The molecule has 0 aliphatic carbocycles. The molecule has 0 aromatic carbocycles. The molecular weight excluding hydrogens is 312 g/mol. The summed E-state index contributed by atoms with van der Waals surface area (Å²) in [6.07, 6.45) is 1.89. The van der Waals surface area contributed by atoms with Gasteiger partial charge in [0.05, 0.1) is 6.61 Å². The molecule has 6 nitrogen and oxygen atoms in total. The third-order valence-corrected chi connectivity index (χ3v) is 3.32. The van der Waals surface area contributed by atoms with Crippen molar-refractivity contribution in [1.29, 1.82) is 0 Å². The highest BCUT2D eigenvalue weighted by Gasteiger charge is 2.32. The van der Waals surface area contributed by atoms with Crippen LogP contribution in [-0.2, 0) is 9.47 Å². The molecule has 1 fully saturated rings. The Balaban J connectivity index is 1.66. The summed E-state index contributed by atoms with van der Waals surface area (Å²) < 4.78 is 13.9. The van der Waals surface area contributed by atoms with Crippen LogP contribution >= 0.6 is 15.9 Å². The van der Waals surface area contributed by atoms with Gasteiger partial charge in [0, 0.05) is 17.2 Å². The number of fused-ring (bicyclic) bond motifs is 1. The first-order valence-electron chi connectivity index (χ1n) is 6.09. The molecule has 2 aromatic rings. The van der Waals surface area contributed by atoms with Crippen molar-refractivity contribution in [2.24, 2.45) is 0 Å². The van der Waals surface area contributed by atoms with Gasteiger partial charge in [-0.15, -0.1) is 5.10 Å². The molecule has 1 unspecified atom stereocenters. The molecule has 0 amide bonds. The van der Waals surface area contributed by atoms with Gasteiger partial charge in [0.25, 0.3) is 0 Å². The first-order chi connectivity index (χ1) is 9.02. The summed E-state index contributed by atoms with van der Waals surface area (Å²) in [5.74, 6) is 0.0928. The maximum absolute atomic E-state index is 5.71. The van der Waals surface area contributed by atoms with Crippen LogP contribution in [0.3, 0.4) is 0 Å². The van der Waals surface area contributed by atoms with E-state index in [2.05, 4.69) is 31.3 Å². The predicted octanol–water partition coefficient (Wildman–Crippen LogP) is 2.06. The third kappa shape index (κ3) is 2.88. The van der Waals surface area contributed by atoms with E-state index in [1.807, 2.05) is 32.2 Å². The summed E-state index contributed by atoms with van der Waals surface area (Å²) >= 11 is 3.40. The summed E-state index contributed by atoms with van der Waals surface area (Å²) in [6, 6.07) is 3.84. The minimum absolute atomic E-state index is 0.0216. The molecule has 0 bridgehead atoms. The van der Waals surface area contributed by atoms with Crippen molar-refractivity contribution in [3.05, 3.63) is 22.8 Å². The van der Waals surface area contributed by atoms with E-state index >= 15 is 0 Å². The van der Waals surface area contributed by atoms with Crippen LogP contribution < -0.4 is 5.32 Å². The van der Waals surface area contributed by atoms with Gasteiger partial charge in [-0.2, -0.15) is 4.98 Å².